The maximum atomic E-state index is 6.71. The second kappa shape index (κ2) is 11.2. The van der Waals surface area contributed by atoms with Gasteiger partial charge in [0.1, 0.15) is 22.3 Å². The van der Waals surface area contributed by atoms with E-state index < -0.39 is 0 Å². The van der Waals surface area contributed by atoms with E-state index in [1.807, 2.05) is 66.7 Å². The molecular weight excluding hydrogens is 639 g/mol. The third-order valence-corrected chi connectivity index (χ3v) is 10.1. The molecule has 0 bridgehead atoms. The lowest BCUT2D eigenvalue weighted by atomic mass is 9.93. The van der Waals surface area contributed by atoms with Gasteiger partial charge in [-0.1, -0.05) is 127 Å². The summed E-state index contributed by atoms with van der Waals surface area (Å²) < 4.78 is 13.0. The van der Waals surface area contributed by atoms with Crippen LogP contribution >= 0.6 is 0 Å². The average Bonchev–Trinajstić information content (AvgIpc) is 3.79. The highest BCUT2D eigenvalue weighted by Gasteiger charge is 2.21. The molecule has 0 aliphatic carbocycles. The topological polar surface area (TPSA) is 65.0 Å². The van der Waals surface area contributed by atoms with E-state index in [1.165, 1.54) is 10.8 Å². The van der Waals surface area contributed by atoms with Crippen LogP contribution in [0.25, 0.3) is 111 Å². The molecule has 0 amide bonds. The van der Waals surface area contributed by atoms with Crippen LogP contribution in [0.3, 0.4) is 0 Å². The number of benzene rings is 8. The molecule has 0 atom stereocenters. The van der Waals surface area contributed by atoms with E-state index in [4.69, 9.17) is 23.8 Å². The third kappa shape index (κ3) is 4.46. The molecule has 0 fully saturated rings. The minimum absolute atomic E-state index is 0.568. The highest BCUT2D eigenvalue weighted by molar-refractivity contribution is 6.22. The molecule has 0 N–H and O–H groups in total. The van der Waals surface area contributed by atoms with E-state index in [2.05, 4.69) is 97.1 Å². The summed E-state index contributed by atoms with van der Waals surface area (Å²) in [5, 5.41) is 8.74. The largest absolute Gasteiger partial charge is 0.456 e. The first kappa shape index (κ1) is 28.7. The number of hydrogen-bond acceptors (Lipinski definition) is 5. The van der Waals surface area contributed by atoms with Gasteiger partial charge >= 0.3 is 0 Å². The molecule has 3 heterocycles. The van der Waals surface area contributed by atoms with E-state index >= 15 is 0 Å². The predicted octanol–water partition coefficient (Wildman–Crippen LogP) is 12.6. The van der Waals surface area contributed by atoms with Crippen LogP contribution in [0, 0.1) is 0 Å². The van der Waals surface area contributed by atoms with Crippen LogP contribution in [-0.2, 0) is 0 Å². The summed E-state index contributed by atoms with van der Waals surface area (Å²) in [6.45, 7) is 0. The Balaban J connectivity index is 1.17. The molecule has 0 aliphatic rings. The number of hydrogen-bond donors (Lipinski definition) is 0. The molecule has 0 radical (unpaired) electrons. The predicted molar refractivity (Wildman–Crippen MR) is 211 cm³/mol. The third-order valence-electron chi connectivity index (χ3n) is 10.1. The average molecular weight is 666 g/mol. The summed E-state index contributed by atoms with van der Waals surface area (Å²) in [6.07, 6.45) is 0. The fourth-order valence-electron chi connectivity index (χ4n) is 7.64. The van der Waals surface area contributed by atoms with Gasteiger partial charge in [0.2, 0.25) is 0 Å². The Kier molecular flexibility index (Phi) is 6.18. The Labute approximate surface area is 297 Å². The fourth-order valence-corrected chi connectivity index (χ4v) is 7.64. The van der Waals surface area contributed by atoms with Crippen molar-refractivity contribution in [3.8, 4) is 45.3 Å². The summed E-state index contributed by atoms with van der Waals surface area (Å²) >= 11 is 0. The van der Waals surface area contributed by atoms with Crippen molar-refractivity contribution in [1.29, 1.82) is 0 Å². The Morgan fingerprint density at radius 1 is 0.327 bits per heavy atom. The summed E-state index contributed by atoms with van der Waals surface area (Å²) in [5.74, 6) is 1.73. The minimum atomic E-state index is 0.568. The van der Waals surface area contributed by atoms with Crippen molar-refractivity contribution in [3.63, 3.8) is 0 Å². The van der Waals surface area contributed by atoms with Crippen LogP contribution in [0.5, 0.6) is 0 Å². The van der Waals surface area contributed by atoms with Crippen molar-refractivity contribution in [1.82, 2.24) is 15.0 Å². The van der Waals surface area contributed by atoms with Gasteiger partial charge in [0.15, 0.2) is 17.5 Å². The molecule has 11 aromatic rings. The maximum Gasteiger partial charge on any atom is 0.164 e. The van der Waals surface area contributed by atoms with Crippen LogP contribution in [-0.4, -0.2) is 15.0 Å². The van der Waals surface area contributed by atoms with Crippen LogP contribution < -0.4 is 0 Å². The molecule has 0 saturated carbocycles. The van der Waals surface area contributed by atoms with Gasteiger partial charge in [-0.15, -0.1) is 0 Å². The quantitative estimate of drug-likeness (QED) is 0.187. The lowest BCUT2D eigenvalue weighted by Crippen LogP contribution is -2.00. The molecule has 0 spiro atoms. The highest BCUT2D eigenvalue weighted by Crippen LogP contribution is 2.43. The van der Waals surface area contributed by atoms with Gasteiger partial charge in [-0.2, -0.15) is 0 Å². The monoisotopic (exact) mass is 665 g/mol. The van der Waals surface area contributed by atoms with Crippen LogP contribution in [0.1, 0.15) is 0 Å². The summed E-state index contributed by atoms with van der Waals surface area (Å²) in [4.78, 5) is 15.3. The summed E-state index contributed by atoms with van der Waals surface area (Å²) in [5.41, 5.74) is 8.19. The molecule has 242 valence electrons. The maximum absolute atomic E-state index is 6.71. The van der Waals surface area contributed by atoms with Crippen LogP contribution in [0.4, 0.5) is 0 Å². The number of nitrogens with zero attached hydrogens (tertiary/aromatic N) is 3. The zero-order valence-electron chi connectivity index (χ0n) is 27.7. The van der Waals surface area contributed by atoms with Crippen LogP contribution in [0.2, 0.25) is 0 Å². The van der Waals surface area contributed by atoms with Gasteiger partial charge in [0.25, 0.3) is 0 Å². The Hall–Kier alpha value is -7.11. The van der Waals surface area contributed by atoms with E-state index in [0.717, 1.165) is 82.5 Å². The van der Waals surface area contributed by atoms with Gasteiger partial charge in [0, 0.05) is 43.6 Å². The first-order valence-electron chi connectivity index (χ1n) is 17.3. The molecule has 3 aromatic heterocycles. The van der Waals surface area contributed by atoms with Gasteiger partial charge < -0.3 is 8.83 Å². The molecule has 0 unspecified atom stereocenters. The van der Waals surface area contributed by atoms with E-state index in [-0.39, 0.29) is 0 Å². The number of para-hydroxylation sites is 1. The first-order valence-corrected chi connectivity index (χ1v) is 17.3. The van der Waals surface area contributed by atoms with Crippen molar-refractivity contribution in [3.05, 3.63) is 164 Å². The number of aromatic nitrogens is 3. The Bertz CT molecular complexity index is 3190. The molecule has 11 rings (SSSR count). The van der Waals surface area contributed by atoms with Gasteiger partial charge in [-0.25, -0.2) is 15.0 Å². The number of furan rings is 2. The lowest BCUT2D eigenvalue weighted by molar-refractivity contribution is 0.669. The molecule has 0 aliphatic heterocycles. The fraction of sp³-hybridized carbons (Fsp3) is 0. The zero-order valence-corrected chi connectivity index (χ0v) is 27.7. The minimum Gasteiger partial charge on any atom is -0.456 e. The highest BCUT2D eigenvalue weighted by atomic mass is 16.3. The summed E-state index contributed by atoms with van der Waals surface area (Å²) in [7, 11) is 0. The second-order valence-electron chi connectivity index (χ2n) is 13.2. The van der Waals surface area contributed by atoms with Gasteiger partial charge in [-0.3, -0.25) is 0 Å². The molecular formula is C47H27N3O2. The van der Waals surface area contributed by atoms with Gasteiger partial charge in [-0.05, 0) is 63.7 Å². The molecule has 5 heteroatoms. The molecule has 0 saturated heterocycles. The van der Waals surface area contributed by atoms with Crippen LogP contribution in [0.15, 0.2) is 173 Å². The number of fused-ring (bicyclic) bond motifs is 9. The summed E-state index contributed by atoms with van der Waals surface area (Å²) in [6, 6.07) is 56.4. The van der Waals surface area contributed by atoms with Crippen molar-refractivity contribution in [2.24, 2.45) is 0 Å². The van der Waals surface area contributed by atoms with Gasteiger partial charge in [0.05, 0.1) is 0 Å². The zero-order chi connectivity index (χ0) is 34.2. The SMILES string of the molecule is c1ccc(-c2nc(-c3ccc4c(c3)oc3ccccc34)nc(-c3cccc4oc5c6ccccc6c(-c6ccc7ccccc7c6)cc5c34)n2)cc1. The van der Waals surface area contributed by atoms with Crippen molar-refractivity contribution in [2.75, 3.05) is 0 Å². The number of rotatable bonds is 4. The Morgan fingerprint density at radius 2 is 1.00 bits per heavy atom. The van der Waals surface area contributed by atoms with Crippen molar-refractivity contribution in [2.45, 2.75) is 0 Å². The second-order valence-corrected chi connectivity index (χ2v) is 13.2. The van der Waals surface area contributed by atoms with E-state index in [0.29, 0.717) is 17.5 Å². The smallest absolute Gasteiger partial charge is 0.164 e. The normalized spacial score (nSPS) is 11.8. The van der Waals surface area contributed by atoms with E-state index in [1.54, 1.807) is 0 Å². The van der Waals surface area contributed by atoms with E-state index in [9.17, 15) is 0 Å². The molecule has 8 aromatic carbocycles. The lowest BCUT2D eigenvalue weighted by Gasteiger charge is -2.11. The van der Waals surface area contributed by atoms with Crippen molar-refractivity contribution < 1.29 is 8.83 Å². The molecule has 5 nitrogen and oxygen atoms in total. The first-order chi connectivity index (χ1) is 25.7. The Morgan fingerprint density at radius 3 is 1.88 bits per heavy atom. The standard InChI is InChI=1S/C47H27N3O2/c1-2-12-29(13-3-1)45-48-46(32-23-24-35-34-16-8-9-19-40(34)51-42(35)26-32)50-47(49-45)37-18-10-20-41-43(37)39-27-38(33-15-6-7-17-36(33)44(39)52-41)31-22-21-28-11-4-5-14-30(28)25-31/h1-27H. The van der Waals surface area contributed by atoms with Crippen molar-refractivity contribution >= 4 is 65.4 Å². The molecule has 52 heavy (non-hydrogen) atoms.